The third kappa shape index (κ3) is 3.66. The topological polar surface area (TPSA) is 26.0 Å². The Kier molecular flexibility index (Phi) is 5.82. The first-order valence-electron chi connectivity index (χ1n) is 16.5. The molecule has 0 fully saturated rings. The van der Waals surface area contributed by atoms with Crippen LogP contribution in [0.4, 0.5) is 0 Å². The smallest absolute Gasteiger partial charge is 0.144 e. The number of rotatable bonds is 4. The van der Waals surface area contributed by atoms with Crippen molar-refractivity contribution in [2.24, 2.45) is 0 Å². The van der Waals surface area contributed by atoms with Gasteiger partial charge in [0.25, 0.3) is 0 Å². The first-order valence-corrected chi connectivity index (χ1v) is 16.5. The Balaban J connectivity index is 1.49. The van der Waals surface area contributed by atoms with Gasteiger partial charge in [0, 0.05) is 22.5 Å². The van der Waals surface area contributed by atoms with E-state index in [1.165, 1.54) is 44.2 Å². The van der Waals surface area contributed by atoms with Crippen molar-refractivity contribution in [3.8, 4) is 33.4 Å². The molecule has 0 aliphatic heterocycles. The molecule has 0 N–H and O–H groups in total. The van der Waals surface area contributed by atoms with Gasteiger partial charge in [-0.05, 0) is 85.6 Å². The number of hydrogen-bond acceptors (Lipinski definition) is 2. The molecule has 0 saturated carbocycles. The highest BCUT2D eigenvalue weighted by Crippen LogP contribution is 2.61. The van der Waals surface area contributed by atoms with Crippen molar-refractivity contribution in [2.75, 3.05) is 0 Å². The quantitative estimate of drug-likeness (QED) is 0.198. The summed E-state index contributed by atoms with van der Waals surface area (Å²) in [5.74, 6) is 0. The molecular formula is C46H29NO. The van der Waals surface area contributed by atoms with E-state index in [1.807, 2.05) is 12.3 Å². The van der Waals surface area contributed by atoms with Crippen LogP contribution in [0.5, 0.6) is 0 Å². The molecule has 0 spiro atoms. The van der Waals surface area contributed by atoms with E-state index in [-0.39, 0.29) is 0 Å². The highest BCUT2D eigenvalue weighted by molar-refractivity contribution is 6.21. The predicted molar refractivity (Wildman–Crippen MR) is 197 cm³/mol. The van der Waals surface area contributed by atoms with E-state index in [9.17, 15) is 0 Å². The molecule has 2 nitrogen and oxygen atoms in total. The van der Waals surface area contributed by atoms with E-state index in [0.29, 0.717) is 0 Å². The monoisotopic (exact) mass is 611 g/mol. The summed E-state index contributed by atoms with van der Waals surface area (Å²) in [6.45, 7) is 0. The molecule has 1 aliphatic carbocycles. The van der Waals surface area contributed by atoms with Gasteiger partial charge in [-0.3, -0.25) is 4.98 Å². The van der Waals surface area contributed by atoms with Crippen LogP contribution < -0.4 is 0 Å². The molecule has 0 saturated heterocycles. The Morgan fingerprint density at radius 2 is 1.02 bits per heavy atom. The van der Waals surface area contributed by atoms with Crippen LogP contribution in [0, 0.1) is 0 Å². The van der Waals surface area contributed by atoms with E-state index in [0.717, 1.165) is 44.3 Å². The summed E-state index contributed by atoms with van der Waals surface area (Å²) < 4.78 is 7.02. The summed E-state index contributed by atoms with van der Waals surface area (Å²) in [5, 5.41) is 4.69. The fraction of sp³-hybridized carbons (Fsp3) is 0.0217. The van der Waals surface area contributed by atoms with Gasteiger partial charge in [-0.2, -0.15) is 0 Å². The summed E-state index contributed by atoms with van der Waals surface area (Å²) in [7, 11) is 0. The molecule has 2 heterocycles. The van der Waals surface area contributed by atoms with Crippen LogP contribution in [-0.2, 0) is 5.41 Å². The fourth-order valence-corrected chi connectivity index (χ4v) is 8.24. The van der Waals surface area contributed by atoms with Crippen molar-refractivity contribution in [2.45, 2.75) is 5.41 Å². The summed E-state index contributed by atoms with van der Waals surface area (Å²) in [4.78, 5) is 5.18. The molecule has 48 heavy (non-hydrogen) atoms. The second kappa shape index (κ2) is 10.4. The van der Waals surface area contributed by atoms with Gasteiger partial charge in [-0.15, -0.1) is 0 Å². The van der Waals surface area contributed by atoms with E-state index in [2.05, 4.69) is 164 Å². The van der Waals surface area contributed by atoms with Gasteiger partial charge in [0.1, 0.15) is 11.2 Å². The van der Waals surface area contributed by atoms with Gasteiger partial charge in [0.15, 0.2) is 0 Å². The van der Waals surface area contributed by atoms with Crippen LogP contribution in [0.3, 0.4) is 0 Å². The van der Waals surface area contributed by atoms with Crippen molar-refractivity contribution in [1.29, 1.82) is 0 Å². The summed E-state index contributed by atoms with van der Waals surface area (Å²) in [6, 6.07) is 60.9. The number of hydrogen-bond donors (Lipinski definition) is 0. The highest BCUT2D eigenvalue weighted by Gasteiger charge is 2.50. The molecule has 0 amide bonds. The first-order chi connectivity index (χ1) is 23.8. The minimum Gasteiger partial charge on any atom is -0.455 e. The highest BCUT2D eigenvalue weighted by atomic mass is 16.3. The van der Waals surface area contributed by atoms with Crippen LogP contribution in [0.2, 0.25) is 0 Å². The van der Waals surface area contributed by atoms with Crippen LogP contribution >= 0.6 is 0 Å². The summed E-state index contributed by atoms with van der Waals surface area (Å²) in [5.41, 5.74) is 12.7. The van der Waals surface area contributed by atoms with Crippen molar-refractivity contribution in [1.82, 2.24) is 4.98 Å². The number of furan rings is 1. The largest absolute Gasteiger partial charge is 0.455 e. The molecule has 0 radical (unpaired) electrons. The zero-order valence-corrected chi connectivity index (χ0v) is 26.1. The number of benzene rings is 7. The fourth-order valence-electron chi connectivity index (χ4n) is 8.24. The lowest BCUT2D eigenvalue weighted by Crippen LogP contribution is -2.29. The van der Waals surface area contributed by atoms with Gasteiger partial charge < -0.3 is 4.42 Å². The van der Waals surface area contributed by atoms with Crippen molar-refractivity contribution >= 4 is 32.7 Å². The van der Waals surface area contributed by atoms with E-state index in [4.69, 9.17) is 9.40 Å². The molecule has 224 valence electrons. The lowest BCUT2D eigenvalue weighted by molar-refractivity contribution is 0.668. The second-order valence-electron chi connectivity index (χ2n) is 12.6. The minimum atomic E-state index is -0.711. The summed E-state index contributed by atoms with van der Waals surface area (Å²) >= 11 is 0. The van der Waals surface area contributed by atoms with Crippen molar-refractivity contribution in [3.63, 3.8) is 0 Å². The van der Waals surface area contributed by atoms with Gasteiger partial charge in [0.05, 0.1) is 11.1 Å². The molecule has 7 aromatic carbocycles. The number of aromatic nitrogens is 1. The van der Waals surface area contributed by atoms with Gasteiger partial charge in [0.2, 0.25) is 0 Å². The van der Waals surface area contributed by atoms with Crippen molar-refractivity contribution in [3.05, 3.63) is 198 Å². The Morgan fingerprint density at radius 1 is 0.458 bits per heavy atom. The van der Waals surface area contributed by atoms with Gasteiger partial charge in [-0.25, -0.2) is 0 Å². The molecule has 10 rings (SSSR count). The van der Waals surface area contributed by atoms with Crippen LogP contribution in [0.15, 0.2) is 180 Å². The summed E-state index contributed by atoms with van der Waals surface area (Å²) in [6.07, 6.45) is 1.93. The molecule has 1 aliphatic rings. The molecular weight excluding hydrogens is 583 g/mol. The predicted octanol–water partition coefficient (Wildman–Crippen LogP) is 11.8. The number of fused-ring (bicyclic) bond motifs is 9. The standard InChI is InChI=1S/C46H29NO/c1-4-16-30(17-5-1)36-28-38-43(34-23-11-10-22-33(34)36)44-39(46(38,32-20-8-3-9-21-32)41-26-14-15-27-47-41)29-37(31-18-6-2-7-19-31)42-35-24-12-13-25-40(35)48-45(42)44/h1-29H. The lowest BCUT2D eigenvalue weighted by Gasteiger charge is -2.33. The zero-order chi connectivity index (χ0) is 31.7. The maximum atomic E-state index is 7.02. The third-order valence-electron chi connectivity index (χ3n) is 10.2. The first kappa shape index (κ1) is 26.9. The minimum absolute atomic E-state index is 0.711. The number of pyridine rings is 1. The molecule has 2 aromatic heterocycles. The molecule has 1 unspecified atom stereocenters. The average Bonchev–Trinajstić information content (AvgIpc) is 3.70. The Bertz CT molecular complexity index is 2600. The number of para-hydroxylation sites is 1. The van der Waals surface area contributed by atoms with Crippen LogP contribution in [0.1, 0.15) is 22.4 Å². The lowest BCUT2D eigenvalue weighted by atomic mass is 9.68. The Morgan fingerprint density at radius 3 is 1.73 bits per heavy atom. The van der Waals surface area contributed by atoms with Gasteiger partial charge in [-0.1, -0.05) is 140 Å². The number of nitrogens with zero attached hydrogens (tertiary/aromatic N) is 1. The average molecular weight is 612 g/mol. The van der Waals surface area contributed by atoms with Crippen LogP contribution in [0.25, 0.3) is 66.1 Å². The second-order valence-corrected chi connectivity index (χ2v) is 12.6. The molecule has 1 atom stereocenters. The molecule has 9 aromatic rings. The zero-order valence-electron chi connectivity index (χ0n) is 26.1. The van der Waals surface area contributed by atoms with E-state index < -0.39 is 5.41 Å². The van der Waals surface area contributed by atoms with Gasteiger partial charge >= 0.3 is 0 Å². The molecule has 2 heteroatoms. The molecule has 0 bridgehead atoms. The third-order valence-corrected chi connectivity index (χ3v) is 10.2. The maximum Gasteiger partial charge on any atom is 0.144 e. The Hall–Kier alpha value is -6.25. The Labute approximate surface area is 278 Å². The van der Waals surface area contributed by atoms with E-state index in [1.54, 1.807) is 0 Å². The normalized spacial score (nSPS) is 15.2. The maximum absolute atomic E-state index is 7.02. The van der Waals surface area contributed by atoms with Crippen molar-refractivity contribution < 1.29 is 4.42 Å². The SMILES string of the molecule is c1ccc(-c2cc3c(c4ccccc24)-c2c(cc(-c4ccccc4)c4c2oc2ccccc24)C3(c2ccccc2)c2ccccn2)cc1. The van der Waals surface area contributed by atoms with E-state index >= 15 is 0 Å². The van der Waals surface area contributed by atoms with Crippen LogP contribution in [-0.4, -0.2) is 4.98 Å².